The Morgan fingerprint density at radius 1 is 1.00 bits per heavy atom. The van der Waals surface area contributed by atoms with Gasteiger partial charge in [-0.2, -0.15) is 5.10 Å². The number of nitrogen functional groups attached to an aromatic ring is 1. The van der Waals surface area contributed by atoms with Crippen molar-refractivity contribution in [3.05, 3.63) is 78.1 Å². The van der Waals surface area contributed by atoms with Crippen molar-refractivity contribution in [3.63, 3.8) is 0 Å². The van der Waals surface area contributed by atoms with Crippen LogP contribution in [0.2, 0.25) is 5.02 Å². The average Bonchev–Trinajstić information content (AvgIpc) is 3.35. The van der Waals surface area contributed by atoms with Crippen LogP contribution in [0, 0.1) is 0 Å². The van der Waals surface area contributed by atoms with Gasteiger partial charge in [0.25, 0.3) is 0 Å². The highest BCUT2D eigenvalue weighted by molar-refractivity contribution is 6.30. The number of para-hydroxylation sites is 2. The first-order chi connectivity index (χ1) is 14.2. The van der Waals surface area contributed by atoms with Crippen LogP contribution in [-0.2, 0) is 6.54 Å². The third kappa shape index (κ3) is 3.32. The molecule has 0 aliphatic rings. The van der Waals surface area contributed by atoms with Gasteiger partial charge in [0, 0.05) is 16.8 Å². The normalized spacial score (nSPS) is 11.2. The number of benzene rings is 2. The first-order valence-corrected chi connectivity index (χ1v) is 9.38. The van der Waals surface area contributed by atoms with Crippen LogP contribution in [0.4, 0.5) is 5.82 Å². The predicted molar refractivity (Wildman–Crippen MR) is 113 cm³/mol. The topological polar surface area (TPSA) is 98.3 Å². The molecule has 0 aliphatic carbocycles. The number of nitrogens with one attached hydrogen (secondary N) is 1. The monoisotopic (exact) mass is 401 g/mol. The van der Waals surface area contributed by atoms with Gasteiger partial charge < -0.3 is 10.7 Å². The fourth-order valence-electron chi connectivity index (χ4n) is 3.33. The van der Waals surface area contributed by atoms with E-state index < -0.39 is 0 Å². The third-order valence-corrected chi connectivity index (χ3v) is 4.92. The smallest absolute Gasteiger partial charge is 0.135 e. The van der Waals surface area contributed by atoms with E-state index in [1.165, 1.54) is 6.33 Å². The van der Waals surface area contributed by atoms with Crippen molar-refractivity contribution in [3.8, 4) is 22.4 Å². The summed E-state index contributed by atoms with van der Waals surface area (Å²) in [5, 5.41) is 5.13. The van der Waals surface area contributed by atoms with Crippen LogP contribution >= 0.6 is 11.6 Å². The zero-order chi connectivity index (χ0) is 19.8. The molecular formula is C21H16ClN7. The van der Waals surface area contributed by atoms with Gasteiger partial charge in [0.2, 0.25) is 0 Å². The van der Waals surface area contributed by atoms with Gasteiger partial charge >= 0.3 is 0 Å². The van der Waals surface area contributed by atoms with Crippen molar-refractivity contribution < 1.29 is 0 Å². The molecule has 5 aromatic rings. The minimum absolute atomic E-state index is 0.405. The fraction of sp³-hybridized carbons (Fsp3) is 0.0476. The van der Waals surface area contributed by atoms with Crippen molar-refractivity contribution in [2.45, 2.75) is 6.54 Å². The molecule has 0 bridgehead atoms. The van der Waals surface area contributed by atoms with Crippen molar-refractivity contribution >= 4 is 28.5 Å². The van der Waals surface area contributed by atoms with Crippen molar-refractivity contribution in [2.24, 2.45) is 0 Å². The number of H-pyrrole nitrogens is 1. The van der Waals surface area contributed by atoms with Gasteiger partial charge in [-0.3, -0.25) is 4.68 Å². The van der Waals surface area contributed by atoms with Gasteiger partial charge in [-0.1, -0.05) is 35.9 Å². The van der Waals surface area contributed by atoms with Crippen molar-refractivity contribution in [1.82, 2.24) is 29.7 Å². The average molecular weight is 402 g/mol. The Bertz CT molecular complexity index is 1270. The molecule has 0 spiro atoms. The molecule has 0 saturated carbocycles. The molecule has 29 heavy (non-hydrogen) atoms. The minimum atomic E-state index is 0.405. The van der Waals surface area contributed by atoms with Crippen molar-refractivity contribution in [1.29, 1.82) is 0 Å². The summed E-state index contributed by atoms with van der Waals surface area (Å²) in [5.41, 5.74) is 11.3. The van der Waals surface area contributed by atoms with Crippen LogP contribution in [0.25, 0.3) is 33.4 Å². The fourth-order valence-corrected chi connectivity index (χ4v) is 3.45. The van der Waals surface area contributed by atoms with Crippen LogP contribution in [0.15, 0.2) is 67.3 Å². The van der Waals surface area contributed by atoms with Crippen LogP contribution in [-0.4, -0.2) is 29.7 Å². The maximum Gasteiger partial charge on any atom is 0.135 e. The molecule has 0 radical (unpaired) electrons. The maximum atomic E-state index is 6.18. The summed E-state index contributed by atoms with van der Waals surface area (Å²) in [6.07, 6.45) is 5.15. The van der Waals surface area contributed by atoms with E-state index >= 15 is 0 Å². The highest BCUT2D eigenvalue weighted by atomic mass is 35.5. The number of imidazole rings is 1. The second-order valence-corrected chi connectivity index (χ2v) is 7.05. The second-order valence-electron chi connectivity index (χ2n) is 6.62. The predicted octanol–water partition coefficient (Wildman–Crippen LogP) is 4.17. The standard InChI is InChI=1S/C21H16ClN7/c22-15-7-5-13(6-8-15)19-20(24-12-25-21(19)23)14-9-26-29(10-14)11-18-27-16-3-1-2-4-17(16)28-18/h1-10,12H,11H2,(H,27,28)(H2,23,24,25). The summed E-state index contributed by atoms with van der Waals surface area (Å²) in [5.74, 6) is 1.24. The molecule has 0 fully saturated rings. The van der Waals surface area contributed by atoms with Gasteiger partial charge in [0.05, 0.1) is 35.0 Å². The lowest BCUT2D eigenvalue weighted by atomic mass is 10.0. The number of fused-ring (bicyclic) bond motifs is 1. The Balaban J connectivity index is 1.50. The molecule has 3 heterocycles. The Labute approximate surface area is 171 Å². The quantitative estimate of drug-likeness (QED) is 0.471. The van der Waals surface area contributed by atoms with E-state index in [0.29, 0.717) is 17.4 Å². The van der Waals surface area contributed by atoms with Gasteiger partial charge in [-0.25, -0.2) is 15.0 Å². The van der Waals surface area contributed by atoms with Gasteiger partial charge in [-0.15, -0.1) is 0 Å². The number of aromatic nitrogens is 6. The van der Waals surface area contributed by atoms with E-state index in [4.69, 9.17) is 17.3 Å². The number of nitrogens with zero attached hydrogens (tertiary/aromatic N) is 5. The summed E-state index contributed by atoms with van der Waals surface area (Å²) in [6.45, 7) is 0.519. The molecule has 8 heteroatoms. The molecular weight excluding hydrogens is 386 g/mol. The van der Waals surface area contributed by atoms with E-state index in [1.807, 2.05) is 59.4 Å². The van der Waals surface area contributed by atoms with E-state index in [9.17, 15) is 0 Å². The van der Waals surface area contributed by atoms with Gasteiger partial charge in [0.1, 0.15) is 18.0 Å². The SMILES string of the molecule is Nc1ncnc(-c2cnn(Cc3nc4ccccc4[nH]3)c2)c1-c1ccc(Cl)cc1. The number of anilines is 1. The molecule has 7 nitrogen and oxygen atoms in total. The Kier molecular flexibility index (Phi) is 4.22. The van der Waals surface area contributed by atoms with Crippen molar-refractivity contribution in [2.75, 3.05) is 5.73 Å². The van der Waals surface area contributed by atoms with Crippen LogP contribution in [0.1, 0.15) is 5.82 Å². The lowest BCUT2D eigenvalue weighted by molar-refractivity contribution is 0.663. The number of aromatic amines is 1. The number of halogens is 1. The van der Waals surface area contributed by atoms with E-state index in [2.05, 4.69) is 25.0 Å². The van der Waals surface area contributed by atoms with Crippen LogP contribution in [0.3, 0.4) is 0 Å². The van der Waals surface area contributed by atoms with E-state index in [1.54, 1.807) is 6.20 Å². The largest absolute Gasteiger partial charge is 0.383 e. The number of hydrogen-bond acceptors (Lipinski definition) is 5. The van der Waals surface area contributed by atoms with Crippen LogP contribution < -0.4 is 5.73 Å². The highest BCUT2D eigenvalue weighted by Crippen LogP contribution is 2.34. The molecule has 142 valence electrons. The number of hydrogen-bond donors (Lipinski definition) is 2. The van der Waals surface area contributed by atoms with Gasteiger partial charge in [0.15, 0.2) is 0 Å². The zero-order valence-electron chi connectivity index (χ0n) is 15.2. The Morgan fingerprint density at radius 3 is 2.66 bits per heavy atom. The number of nitrogens with two attached hydrogens (primary N) is 1. The molecule has 0 atom stereocenters. The molecule has 3 N–H and O–H groups in total. The Hall–Kier alpha value is -3.71. The zero-order valence-corrected chi connectivity index (χ0v) is 16.0. The number of rotatable bonds is 4. The summed E-state index contributed by atoms with van der Waals surface area (Å²) in [4.78, 5) is 16.5. The first-order valence-electron chi connectivity index (χ1n) is 9.00. The lowest BCUT2D eigenvalue weighted by Gasteiger charge is -2.09. The van der Waals surface area contributed by atoms with Crippen LogP contribution in [0.5, 0.6) is 0 Å². The molecule has 3 aromatic heterocycles. The van der Waals surface area contributed by atoms with Gasteiger partial charge in [-0.05, 0) is 29.8 Å². The van der Waals surface area contributed by atoms with E-state index in [-0.39, 0.29) is 0 Å². The molecule has 0 unspecified atom stereocenters. The van der Waals surface area contributed by atoms with E-state index in [0.717, 1.165) is 39.2 Å². The Morgan fingerprint density at radius 2 is 1.83 bits per heavy atom. The third-order valence-electron chi connectivity index (χ3n) is 4.67. The highest BCUT2D eigenvalue weighted by Gasteiger charge is 2.15. The second kappa shape index (κ2) is 7.03. The summed E-state index contributed by atoms with van der Waals surface area (Å²) >= 11 is 6.02. The summed E-state index contributed by atoms with van der Waals surface area (Å²) in [6, 6.07) is 15.4. The molecule has 2 aromatic carbocycles. The minimum Gasteiger partial charge on any atom is -0.383 e. The summed E-state index contributed by atoms with van der Waals surface area (Å²) in [7, 11) is 0. The molecule has 5 rings (SSSR count). The molecule has 0 saturated heterocycles. The lowest BCUT2D eigenvalue weighted by Crippen LogP contribution is -2.01. The maximum absolute atomic E-state index is 6.18. The summed E-state index contributed by atoms with van der Waals surface area (Å²) < 4.78 is 1.82. The molecule has 0 amide bonds. The molecule has 0 aliphatic heterocycles. The first kappa shape index (κ1) is 17.4.